The number of carbonyl (C=O) groups is 1. The summed E-state index contributed by atoms with van der Waals surface area (Å²) in [4.78, 5) is 12.0. The van der Waals surface area contributed by atoms with Gasteiger partial charge in [0.15, 0.2) is 0 Å². The van der Waals surface area contributed by atoms with Crippen LogP contribution in [0, 0.1) is 6.92 Å². The summed E-state index contributed by atoms with van der Waals surface area (Å²) in [6.45, 7) is 2.80. The van der Waals surface area contributed by atoms with Crippen LogP contribution in [0.25, 0.3) is 0 Å². The summed E-state index contributed by atoms with van der Waals surface area (Å²) in [5.41, 5.74) is 3.24. The van der Waals surface area contributed by atoms with Crippen LogP contribution >= 0.6 is 0 Å². The highest BCUT2D eigenvalue weighted by atomic mass is 16.5. The van der Waals surface area contributed by atoms with Gasteiger partial charge < -0.3 is 20.5 Å². The van der Waals surface area contributed by atoms with E-state index in [1.165, 1.54) is 5.56 Å². The molecule has 2 atom stereocenters. The van der Waals surface area contributed by atoms with Crippen LogP contribution in [-0.4, -0.2) is 30.4 Å². The molecule has 3 N–H and O–H groups in total. The van der Waals surface area contributed by atoms with E-state index in [9.17, 15) is 9.90 Å². The summed E-state index contributed by atoms with van der Waals surface area (Å²) < 4.78 is 5.57. The number of hydrogen-bond acceptors (Lipinski definition) is 3. The number of hydrogen-bond donors (Lipinski definition) is 3. The number of carbonyl (C=O) groups excluding carboxylic acids is 1. The van der Waals surface area contributed by atoms with Gasteiger partial charge in [-0.1, -0.05) is 42.0 Å². The van der Waals surface area contributed by atoms with E-state index in [1.807, 2.05) is 55.5 Å². The molecule has 1 aliphatic rings. The zero-order chi connectivity index (χ0) is 16.9. The van der Waals surface area contributed by atoms with Crippen LogP contribution in [0.3, 0.4) is 0 Å². The van der Waals surface area contributed by atoms with Crippen molar-refractivity contribution >= 4 is 6.03 Å². The minimum absolute atomic E-state index is 0.303. The molecule has 126 valence electrons. The fourth-order valence-corrected chi connectivity index (χ4v) is 2.91. The highest BCUT2D eigenvalue weighted by Gasteiger charge is 2.31. The lowest BCUT2D eigenvalue weighted by molar-refractivity contribution is 0.142. The first-order valence-corrected chi connectivity index (χ1v) is 8.13. The number of aliphatic hydroxyl groups is 1. The number of ether oxygens (including phenoxy) is 1. The number of benzene rings is 2. The van der Waals surface area contributed by atoms with Gasteiger partial charge in [0.25, 0.3) is 0 Å². The van der Waals surface area contributed by atoms with Gasteiger partial charge in [-0.05, 0) is 30.2 Å². The molecular formula is C19H22N2O3. The normalized spacial score (nSPS) is 18.8. The van der Waals surface area contributed by atoms with Crippen molar-refractivity contribution in [2.75, 3.05) is 13.2 Å². The lowest BCUT2D eigenvalue weighted by Crippen LogP contribution is -2.42. The van der Waals surface area contributed by atoms with Crippen LogP contribution in [0.15, 0.2) is 48.5 Å². The first-order valence-electron chi connectivity index (χ1n) is 8.13. The van der Waals surface area contributed by atoms with Crippen molar-refractivity contribution in [2.24, 2.45) is 0 Å². The molecule has 2 aromatic carbocycles. The minimum Gasteiger partial charge on any atom is -0.492 e. The van der Waals surface area contributed by atoms with Crippen LogP contribution in [0.4, 0.5) is 4.79 Å². The van der Waals surface area contributed by atoms with Gasteiger partial charge in [-0.15, -0.1) is 0 Å². The molecule has 0 saturated carbocycles. The van der Waals surface area contributed by atoms with E-state index in [2.05, 4.69) is 10.6 Å². The molecule has 3 rings (SSSR count). The Bertz CT molecular complexity index is 700. The second-order valence-corrected chi connectivity index (χ2v) is 6.01. The number of amides is 2. The monoisotopic (exact) mass is 326 g/mol. The first kappa shape index (κ1) is 16.3. The molecule has 0 unspecified atom stereocenters. The molecule has 0 fully saturated rings. The number of aryl methyl sites for hydroxylation is 1. The zero-order valence-corrected chi connectivity index (χ0v) is 13.7. The first-order chi connectivity index (χ1) is 11.6. The molecule has 0 aromatic heterocycles. The van der Waals surface area contributed by atoms with E-state index >= 15 is 0 Å². The van der Waals surface area contributed by atoms with Crippen molar-refractivity contribution in [1.29, 1.82) is 0 Å². The van der Waals surface area contributed by atoms with Crippen molar-refractivity contribution in [2.45, 2.75) is 25.5 Å². The van der Waals surface area contributed by atoms with Gasteiger partial charge in [-0.2, -0.15) is 0 Å². The van der Waals surface area contributed by atoms with Gasteiger partial charge in [0.05, 0.1) is 18.7 Å². The second-order valence-electron chi connectivity index (χ2n) is 6.01. The summed E-state index contributed by atoms with van der Waals surface area (Å²) in [6, 6.07) is 14.9. The minimum atomic E-state index is -0.586. The van der Waals surface area contributed by atoms with Crippen molar-refractivity contribution in [3.05, 3.63) is 65.2 Å². The van der Waals surface area contributed by atoms with Crippen molar-refractivity contribution in [1.82, 2.24) is 10.6 Å². The molecule has 0 aliphatic heterocycles. The SMILES string of the molecule is Cc1ccc(OCCNC(=O)N[C@@H]2c3ccccc3C[C@@H]2O)cc1. The molecule has 0 heterocycles. The Morgan fingerprint density at radius 1 is 1.21 bits per heavy atom. The number of urea groups is 1. The lowest BCUT2D eigenvalue weighted by Gasteiger charge is -2.18. The standard InChI is InChI=1S/C19H22N2O3/c1-13-6-8-15(9-7-13)24-11-10-20-19(23)21-18-16-5-3-2-4-14(16)12-17(18)22/h2-9,17-18,22H,10-12H2,1H3,(H2,20,21,23)/t17-,18+/m0/s1. The van der Waals surface area contributed by atoms with Crippen molar-refractivity contribution < 1.29 is 14.6 Å². The van der Waals surface area contributed by atoms with Crippen LogP contribution < -0.4 is 15.4 Å². The van der Waals surface area contributed by atoms with Crippen LogP contribution in [0.1, 0.15) is 22.7 Å². The zero-order valence-electron chi connectivity index (χ0n) is 13.7. The molecule has 5 nitrogen and oxygen atoms in total. The van der Waals surface area contributed by atoms with Gasteiger partial charge in [-0.3, -0.25) is 0 Å². The average molecular weight is 326 g/mol. The van der Waals surface area contributed by atoms with Gasteiger partial charge >= 0.3 is 6.03 Å². The molecule has 0 spiro atoms. The molecule has 0 radical (unpaired) electrons. The predicted octanol–water partition coefficient (Wildman–Crippen LogP) is 2.33. The fourth-order valence-electron chi connectivity index (χ4n) is 2.91. The maximum Gasteiger partial charge on any atom is 0.315 e. The Morgan fingerprint density at radius 2 is 1.96 bits per heavy atom. The van der Waals surface area contributed by atoms with Gasteiger partial charge in [0.1, 0.15) is 12.4 Å². The highest BCUT2D eigenvalue weighted by molar-refractivity contribution is 5.74. The summed E-state index contributed by atoms with van der Waals surface area (Å²) in [5.74, 6) is 0.781. The smallest absolute Gasteiger partial charge is 0.315 e. The third-order valence-corrected chi connectivity index (χ3v) is 4.17. The van der Waals surface area contributed by atoms with E-state index in [1.54, 1.807) is 0 Å². The van der Waals surface area contributed by atoms with Crippen molar-refractivity contribution in [3.8, 4) is 5.75 Å². The Hall–Kier alpha value is -2.53. The summed E-state index contributed by atoms with van der Waals surface area (Å²) in [5, 5.41) is 15.7. The van der Waals surface area contributed by atoms with E-state index in [0.29, 0.717) is 19.6 Å². The van der Waals surface area contributed by atoms with Gasteiger partial charge in [0.2, 0.25) is 0 Å². The molecule has 1 aliphatic carbocycles. The second kappa shape index (κ2) is 7.36. The van der Waals surface area contributed by atoms with Gasteiger partial charge in [-0.25, -0.2) is 4.79 Å². The topological polar surface area (TPSA) is 70.6 Å². The van der Waals surface area contributed by atoms with E-state index in [4.69, 9.17) is 4.74 Å². The summed E-state index contributed by atoms with van der Waals surface area (Å²) in [7, 11) is 0. The Balaban J connectivity index is 1.44. The predicted molar refractivity (Wildman–Crippen MR) is 92.1 cm³/mol. The molecular weight excluding hydrogens is 304 g/mol. The third kappa shape index (κ3) is 3.86. The summed E-state index contributed by atoms with van der Waals surface area (Å²) in [6.07, 6.45) is -0.0190. The molecule has 24 heavy (non-hydrogen) atoms. The molecule has 2 aromatic rings. The molecule has 0 bridgehead atoms. The number of nitrogens with one attached hydrogen (secondary N) is 2. The van der Waals surface area contributed by atoms with Crippen LogP contribution in [0.2, 0.25) is 0 Å². The van der Waals surface area contributed by atoms with Gasteiger partial charge in [0, 0.05) is 6.42 Å². The van der Waals surface area contributed by atoms with E-state index < -0.39 is 6.10 Å². The maximum absolute atomic E-state index is 12.0. The average Bonchev–Trinajstić information content (AvgIpc) is 2.89. The Kier molecular flexibility index (Phi) is 5.01. The summed E-state index contributed by atoms with van der Waals surface area (Å²) >= 11 is 0. The number of fused-ring (bicyclic) bond motifs is 1. The quantitative estimate of drug-likeness (QED) is 0.739. The van der Waals surface area contributed by atoms with Crippen LogP contribution in [0.5, 0.6) is 5.75 Å². The number of rotatable bonds is 5. The fraction of sp³-hybridized carbons (Fsp3) is 0.316. The van der Waals surface area contributed by atoms with Crippen molar-refractivity contribution in [3.63, 3.8) is 0 Å². The van der Waals surface area contributed by atoms with E-state index in [0.717, 1.165) is 16.9 Å². The molecule has 2 amide bonds. The van der Waals surface area contributed by atoms with Crippen LogP contribution in [-0.2, 0) is 6.42 Å². The van der Waals surface area contributed by atoms with E-state index in [-0.39, 0.29) is 12.1 Å². The lowest BCUT2D eigenvalue weighted by atomic mass is 10.1. The molecule has 5 heteroatoms. The Morgan fingerprint density at radius 3 is 2.75 bits per heavy atom. The molecule has 0 saturated heterocycles. The third-order valence-electron chi connectivity index (χ3n) is 4.17. The Labute approximate surface area is 141 Å². The maximum atomic E-state index is 12.0. The highest BCUT2D eigenvalue weighted by Crippen LogP contribution is 2.30. The number of aliphatic hydroxyl groups excluding tert-OH is 1. The largest absolute Gasteiger partial charge is 0.492 e.